The molecule has 0 aliphatic carbocycles. The summed E-state index contributed by atoms with van der Waals surface area (Å²) in [5.74, 6) is -0.847. The molecule has 0 unspecified atom stereocenters. The summed E-state index contributed by atoms with van der Waals surface area (Å²) >= 11 is 0. The number of carbonyl (C=O) groups excluding carboxylic acids is 1. The van der Waals surface area contributed by atoms with Crippen molar-refractivity contribution in [3.8, 4) is 0 Å². The number of para-hydroxylation sites is 1. The largest absolute Gasteiger partial charge is 0.335 e. The lowest BCUT2D eigenvalue weighted by Crippen LogP contribution is -2.47. The Morgan fingerprint density at radius 1 is 0.964 bits per heavy atom. The van der Waals surface area contributed by atoms with Crippen LogP contribution in [-0.4, -0.2) is 61.3 Å². The summed E-state index contributed by atoms with van der Waals surface area (Å²) in [6.45, 7) is 2.54. The minimum atomic E-state index is -4.07. The molecule has 0 N–H and O–H groups in total. The van der Waals surface area contributed by atoms with E-state index in [-0.39, 0.29) is 16.5 Å². The van der Waals surface area contributed by atoms with Gasteiger partial charge in [-0.05, 0) is 43.4 Å². The molecule has 1 aliphatic heterocycles. The van der Waals surface area contributed by atoms with Crippen LogP contribution in [-0.2, 0) is 10.0 Å². The third-order valence-electron chi connectivity index (χ3n) is 5.03. The van der Waals surface area contributed by atoms with Crippen LogP contribution in [0.2, 0.25) is 0 Å². The Labute approximate surface area is 162 Å². The smallest absolute Gasteiger partial charge is 0.271 e. The third kappa shape index (κ3) is 3.18. The van der Waals surface area contributed by atoms with E-state index < -0.39 is 15.8 Å². The fourth-order valence-corrected chi connectivity index (χ4v) is 4.93. The quantitative estimate of drug-likeness (QED) is 0.676. The van der Waals surface area contributed by atoms with Crippen molar-refractivity contribution in [2.24, 2.45) is 0 Å². The Morgan fingerprint density at radius 2 is 1.61 bits per heavy atom. The zero-order chi connectivity index (χ0) is 19.9. The summed E-state index contributed by atoms with van der Waals surface area (Å²) in [4.78, 5) is 16.9. The van der Waals surface area contributed by atoms with E-state index in [9.17, 15) is 17.6 Å². The van der Waals surface area contributed by atoms with Crippen LogP contribution in [0.1, 0.15) is 10.5 Å². The average molecular weight is 401 g/mol. The number of benzene rings is 2. The number of likely N-dealkylation sites (N-methyl/N-ethyl adjacent to an activating group) is 1. The van der Waals surface area contributed by atoms with E-state index in [4.69, 9.17) is 0 Å². The molecule has 1 fully saturated rings. The monoisotopic (exact) mass is 401 g/mol. The number of hydrogen-bond donors (Lipinski definition) is 0. The van der Waals surface area contributed by atoms with Gasteiger partial charge in [-0.1, -0.05) is 18.2 Å². The van der Waals surface area contributed by atoms with Crippen molar-refractivity contribution in [1.82, 2.24) is 13.8 Å². The van der Waals surface area contributed by atoms with Crippen LogP contribution < -0.4 is 0 Å². The second-order valence-electron chi connectivity index (χ2n) is 6.91. The topological polar surface area (TPSA) is 62.6 Å². The van der Waals surface area contributed by atoms with Crippen molar-refractivity contribution in [2.45, 2.75) is 4.90 Å². The zero-order valence-corrected chi connectivity index (χ0v) is 16.2. The maximum Gasteiger partial charge on any atom is 0.271 e. The van der Waals surface area contributed by atoms with Crippen molar-refractivity contribution >= 4 is 26.8 Å². The summed E-state index contributed by atoms with van der Waals surface area (Å²) in [5.41, 5.74) is 0.513. The maximum absolute atomic E-state index is 13.3. The second-order valence-corrected chi connectivity index (χ2v) is 8.69. The molecule has 6 nitrogen and oxygen atoms in total. The van der Waals surface area contributed by atoms with E-state index >= 15 is 0 Å². The maximum atomic E-state index is 13.3. The average Bonchev–Trinajstić information content (AvgIpc) is 3.09. The SMILES string of the molecule is CN1CCN(C(=O)c2cc3ccccc3n2S(=O)(=O)c2ccc(F)cc2)CC1. The van der Waals surface area contributed by atoms with Crippen molar-refractivity contribution in [3.05, 3.63) is 66.1 Å². The highest BCUT2D eigenvalue weighted by Gasteiger charge is 2.29. The van der Waals surface area contributed by atoms with Gasteiger partial charge in [-0.15, -0.1) is 0 Å². The van der Waals surface area contributed by atoms with Gasteiger partial charge in [0.15, 0.2) is 0 Å². The molecule has 4 rings (SSSR count). The summed E-state index contributed by atoms with van der Waals surface area (Å²) < 4.78 is 41.0. The Kier molecular flexibility index (Phi) is 4.68. The molecule has 1 aromatic heterocycles. The second kappa shape index (κ2) is 7.03. The Bertz CT molecular complexity index is 1130. The molecule has 2 heterocycles. The summed E-state index contributed by atoms with van der Waals surface area (Å²) in [5, 5.41) is 0.658. The van der Waals surface area contributed by atoms with E-state index in [2.05, 4.69) is 4.90 Å². The number of nitrogens with zero attached hydrogens (tertiary/aromatic N) is 3. The van der Waals surface area contributed by atoms with Gasteiger partial charge in [0.1, 0.15) is 11.5 Å². The lowest BCUT2D eigenvalue weighted by molar-refractivity contribution is 0.0657. The lowest BCUT2D eigenvalue weighted by Gasteiger charge is -2.32. The zero-order valence-electron chi connectivity index (χ0n) is 15.4. The normalized spacial score (nSPS) is 15.9. The van der Waals surface area contributed by atoms with Gasteiger partial charge in [-0.25, -0.2) is 16.8 Å². The van der Waals surface area contributed by atoms with Crippen LogP contribution in [0.3, 0.4) is 0 Å². The summed E-state index contributed by atoms with van der Waals surface area (Å²) in [6, 6.07) is 13.2. The van der Waals surface area contributed by atoms with E-state index in [1.54, 1.807) is 35.2 Å². The van der Waals surface area contributed by atoms with Crippen LogP contribution in [0.15, 0.2) is 59.5 Å². The number of fused-ring (bicyclic) bond motifs is 1. The molecule has 1 amide bonds. The number of carbonyl (C=O) groups is 1. The van der Waals surface area contributed by atoms with Crippen LogP contribution in [0.25, 0.3) is 10.9 Å². The molecular weight excluding hydrogens is 381 g/mol. The molecule has 2 aromatic carbocycles. The first-order chi connectivity index (χ1) is 13.4. The first-order valence-corrected chi connectivity index (χ1v) is 10.4. The highest BCUT2D eigenvalue weighted by Crippen LogP contribution is 2.27. The number of halogens is 1. The van der Waals surface area contributed by atoms with Crippen molar-refractivity contribution in [1.29, 1.82) is 0 Å². The predicted octanol–water partition coefficient (Wildman–Crippen LogP) is 2.41. The molecule has 1 saturated heterocycles. The molecule has 1 aliphatic rings. The van der Waals surface area contributed by atoms with Gasteiger partial charge < -0.3 is 9.80 Å². The minimum Gasteiger partial charge on any atom is -0.335 e. The van der Waals surface area contributed by atoms with Crippen molar-refractivity contribution in [3.63, 3.8) is 0 Å². The van der Waals surface area contributed by atoms with Crippen LogP contribution in [0, 0.1) is 5.82 Å². The van der Waals surface area contributed by atoms with Gasteiger partial charge in [-0.3, -0.25) is 4.79 Å². The molecule has 0 spiro atoms. The number of aromatic nitrogens is 1. The van der Waals surface area contributed by atoms with E-state index in [0.717, 1.165) is 29.2 Å². The van der Waals surface area contributed by atoms with E-state index in [1.807, 2.05) is 7.05 Å². The van der Waals surface area contributed by atoms with E-state index in [1.165, 1.54) is 12.1 Å². The number of rotatable bonds is 3. The number of amides is 1. The van der Waals surface area contributed by atoms with Gasteiger partial charge in [0, 0.05) is 31.6 Å². The highest BCUT2D eigenvalue weighted by atomic mass is 32.2. The Balaban J connectivity index is 1.86. The van der Waals surface area contributed by atoms with Gasteiger partial charge in [-0.2, -0.15) is 0 Å². The molecule has 0 radical (unpaired) electrons. The predicted molar refractivity (Wildman–Crippen MR) is 104 cm³/mol. The van der Waals surface area contributed by atoms with Crippen LogP contribution >= 0.6 is 0 Å². The van der Waals surface area contributed by atoms with Gasteiger partial charge in [0.25, 0.3) is 15.9 Å². The molecular formula is C20H20FN3O3S. The van der Waals surface area contributed by atoms with E-state index in [0.29, 0.717) is 24.0 Å². The Hall–Kier alpha value is -2.71. The van der Waals surface area contributed by atoms with Crippen LogP contribution in [0.5, 0.6) is 0 Å². The molecule has 28 heavy (non-hydrogen) atoms. The lowest BCUT2D eigenvalue weighted by atomic mass is 10.2. The Morgan fingerprint density at radius 3 is 2.29 bits per heavy atom. The van der Waals surface area contributed by atoms with Gasteiger partial charge in [0.2, 0.25) is 0 Å². The molecule has 3 aromatic rings. The third-order valence-corrected chi connectivity index (χ3v) is 6.77. The van der Waals surface area contributed by atoms with Crippen molar-refractivity contribution < 1.29 is 17.6 Å². The molecule has 146 valence electrons. The molecule has 0 saturated carbocycles. The van der Waals surface area contributed by atoms with Gasteiger partial charge in [0.05, 0.1) is 10.4 Å². The first kappa shape index (κ1) is 18.6. The standard InChI is InChI=1S/C20H20FN3O3S/c1-22-10-12-23(13-11-22)20(25)19-14-15-4-2-3-5-18(15)24(19)28(26,27)17-8-6-16(21)7-9-17/h2-9,14H,10-13H2,1H3. The fraction of sp³-hybridized carbons (Fsp3) is 0.250. The molecule has 0 atom stereocenters. The summed E-state index contributed by atoms with van der Waals surface area (Å²) in [6.07, 6.45) is 0. The molecule has 8 heteroatoms. The highest BCUT2D eigenvalue weighted by molar-refractivity contribution is 7.90. The van der Waals surface area contributed by atoms with Crippen molar-refractivity contribution in [2.75, 3.05) is 33.2 Å². The minimum absolute atomic E-state index is 0.0670. The molecule has 0 bridgehead atoms. The number of hydrogen-bond acceptors (Lipinski definition) is 4. The fourth-order valence-electron chi connectivity index (χ4n) is 3.42. The summed E-state index contributed by atoms with van der Waals surface area (Å²) in [7, 11) is -2.09. The van der Waals surface area contributed by atoms with Crippen LogP contribution in [0.4, 0.5) is 4.39 Å². The van der Waals surface area contributed by atoms with Gasteiger partial charge >= 0.3 is 0 Å². The first-order valence-electron chi connectivity index (χ1n) is 8.97. The number of piperazine rings is 1.